The first kappa shape index (κ1) is 16.0. The monoisotopic (exact) mass is 357 g/mol. The van der Waals surface area contributed by atoms with E-state index in [-0.39, 0.29) is 17.7 Å². The predicted molar refractivity (Wildman–Crippen MR) is 97.1 cm³/mol. The Hall–Kier alpha value is -2.45. The SMILES string of the molecule is COc1ccc2nc(NC(=O)[C@H]3CNC[C@@H]3c3cnn(C)c3)sc2c1. The molecule has 3 heterocycles. The van der Waals surface area contributed by atoms with Crippen molar-refractivity contribution in [2.24, 2.45) is 13.0 Å². The molecule has 0 unspecified atom stereocenters. The van der Waals surface area contributed by atoms with Gasteiger partial charge in [-0.1, -0.05) is 11.3 Å². The number of rotatable bonds is 4. The standard InChI is InChI=1S/C17H19N5O2S/c1-22-9-10(6-19-22)12-7-18-8-13(12)16(23)21-17-20-14-4-3-11(24-2)5-15(14)25-17/h3-6,9,12-13,18H,7-8H2,1-2H3,(H,20,21,23)/t12-,13+/m1/s1. The number of carbonyl (C=O) groups excluding carboxylic acids is 1. The number of nitrogens with zero attached hydrogens (tertiary/aromatic N) is 3. The summed E-state index contributed by atoms with van der Waals surface area (Å²) in [6.07, 6.45) is 3.81. The molecule has 130 valence electrons. The van der Waals surface area contributed by atoms with Crippen molar-refractivity contribution in [2.75, 3.05) is 25.5 Å². The highest BCUT2D eigenvalue weighted by Gasteiger charge is 2.35. The van der Waals surface area contributed by atoms with Crippen LogP contribution in [0.3, 0.4) is 0 Å². The lowest BCUT2D eigenvalue weighted by atomic mass is 9.90. The molecule has 3 aromatic rings. The average molecular weight is 357 g/mol. The third kappa shape index (κ3) is 3.10. The van der Waals surface area contributed by atoms with Crippen molar-refractivity contribution in [1.29, 1.82) is 0 Å². The van der Waals surface area contributed by atoms with E-state index in [1.54, 1.807) is 11.8 Å². The maximum atomic E-state index is 12.8. The number of ether oxygens (including phenoxy) is 1. The molecule has 8 heteroatoms. The van der Waals surface area contributed by atoms with Crippen LogP contribution < -0.4 is 15.4 Å². The molecular weight excluding hydrogens is 338 g/mol. The zero-order valence-corrected chi connectivity index (χ0v) is 14.8. The third-order valence-corrected chi connectivity index (χ3v) is 5.46. The molecule has 1 aliphatic heterocycles. The zero-order valence-electron chi connectivity index (χ0n) is 14.0. The van der Waals surface area contributed by atoms with Crippen molar-refractivity contribution >= 4 is 32.6 Å². The van der Waals surface area contributed by atoms with Gasteiger partial charge in [0.05, 0.1) is 29.4 Å². The summed E-state index contributed by atoms with van der Waals surface area (Å²) in [5, 5.41) is 11.1. The molecule has 0 bridgehead atoms. The van der Waals surface area contributed by atoms with Gasteiger partial charge in [0, 0.05) is 32.3 Å². The highest BCUT2D eigenvalue weighted by atomic mass is 32.1. The average Bonchev–Trinajstić information content (AvgIpc) is 3.31. The fourth-order valence-electron chi connectivity index (χ4n) is 3.22. The molecule has 25 heavy (non-hydrogen) atoms. The molecule has 0 spiro atoms. The Labute approximate surface area is 149 Å². The van der Waals surface area contributed by atoms with E-state index in [1.165, 1.54) is 11.3 Å². The summed E-state index contributed by atoms with van der Waals surface area (Å²) in [7, 11) is 3.52. The van der Waals surface area contributed by atoms with Crippen molar-refractivity contribution in [2.45, 2.75) is 5.92 Å². The summed E-state index contributed by atoms with van der Waals surface area (Å²) >= 11 is 1.46. The minimum absolute atomic E-state index is 0.00938. The number of thiazole rings is 1. The molecule has 2 N–H and O–H groups in total. The first-order valence-corrected chi connectivity index (χ1v) is 8.90. The van der Waals surface area contributed by atoms with Crippen LogP contribution >= 0.6 is 11.3 Å². The molecular formula is C17H19N5O2S. The minimum Gasteiger partial charge on any atom is -0.497 e. The molecule has 1 aliphatic rings. The first-order valence-electron chi connectivity index (χ1n) is 8.09. The lowest BCUT2D eigenvalue weighted by molar-refractivity contribution is -0.119. The highest BCUT2D eigenvalue weighted by Crippen LogP contribution is 2.32. The molecule has 0 aliphatic carbocycles. The van der Waals surface area contributed by atoms with Gasteiger partial charge in [-0.05, 0) is 23.8 Å². The van der Waals surface area contributed by atoms with Gasteiger partial charge in [0.1, 0.15) is 5.75 Å². The number of hydrogen-bond donors (Lipinski definition) is 2. The van der Waals surface area contributed by atoms with Crippen LogP contribution in [0, 0.1) is 5.92 Å². The van der Waals surface area contributed by atoms with Crippen molar-refractivity contribution in [3.8, 4) is 5.75 Å². The molecule has 1 fully saturated rings. The third-order valence-electron chi connectivity index (χ3n) is 4.53. The van der Waals surface area contributed by atoms with E-state index >= 15 is 0 Å². The normalized spacial score (nSPS) is 20.1. The molecule has 4 rings (SSSR count). The van der Waals surface area contributed by atoms with Crippen molar-refractivity contribution in [1.82, 2.24) is 20.1 Å². The summed E-state index contributed by atoms with van der Waals surface area (Å²) in [6.45, 7) is 1.44. The number of aryl methyl sites for hydroxylation is 1. The maximum absolute atomic E-state index is 12.8. The van der Waals surface area contributed by atoms with E-state index in [0.717, 1.165) is 28.1 Å². The van der Waals surface area contributed by atoms with Gasteiger partial charge < -0.3 is 15.4 Å². The summed E-state index contributed by atoms with van der Waals surface area (Å²) in [6, 6.07) is 5.70. The van der Waals surface area contributed by atoms with Gasteiger partial charge in [-0.15, -0.1) is 0 Å². The largest absolute Gasteiger partial charge is 0.497 e. The lowest BCUT2D eigenvalue weighted by Gasteiger charge is -2.15. The Balaban J connectivity index is 1.53. The Kier molecular flexibility index (Phi) is 4.14. The van der Waals surface area contributed by atoms with Gasteiger partial charge in [0.15, 0.2) is 5.13 Å². The second-order valence-corrected chi connectivity index (χ2v) is 7.19. The van der Waals surface area contributed by atoms with Gasteiger partial charge in [-0.3, -0.25) is 9.48 Å². The highest BCUT2D eigenvalue weighted by molar-refractivity contribution is 7.22. The van der Waals surface area contributed by atoms with E-state index in [2.05, 4.69) is 20.7 Å². The van der Waals surface area contributed by atoms with Crippen LogP contribution in [0.2, 0.25) is 0 Å². The Morgan fingerprint density at radius 2 is 2.32 bits per heavy atom. The van der Waals surface area contributed by atoms with E-state index in [4.69, 9.17) is 4.74 Å². The van der Waals surface area contributed by atoms with Crippen LogP contribution in [0.4, 0.5) is 5.13 Å². The van der Waals surface area contributed by atoms with Crippen LogP contribution in [0.25, 0.3) is 10.2 Å². The Morgan fingerprint density at radius 3 is 3.08 bits per heavy atom. The van der Waals surface area contributed by atoms with Crippen LogP contribution in [-0.4, -0.2) is 40.9 Å². The van der Waals surface area contributed by atoms with E-state index in [0.29, 0.717) is 11.7 Å². The van der Waals surface area contributed by atoms with Crippen molar-refractivity contribution < 1.29 is 9.53 Å². The fraction of sp³-hybridized carbons (Fsp3) is 0.353. The molecule has 1 amide bonds. The zero-order chi connectivity index (χ0) is 17.4. The fourth-order valence-corrected chi connectivity index (χ4v) is 4.12. The quantitative estimate of drug-likeness (QED) is 0.746. The van der Waals surface area contributed by atoms with Crippen LogP contribution in [-0.2, 0) is 11.8 Å². The number of benzene rings is 1. The lowest BCUT2D eigenvalue weighted by Crippen LogP contribution is -2.27. The van der Waals surface area contributed by atoms with Gasteiger partial charge >= 0.3 is 0 Å². The second kappa shape index (κ2) is 6.45. The second-order valence-electron chi connectivity index (χ2n) is 6.16. The van der Waals surface area contributed by atoms with Gasteiger partial charge in [0.2, 0.25) is 5.91 Å². The number of nitrogens with one attached hydrogen (secondary N) is 2. The number of methoxy groups -OCH3 is 1. The van der Waals surface area contributed by atoms with E-state index in [1.807, 2.05) is 37.6 Å². The van der Waals surface area contributed by atoms with Gasteiger partial charge in [0.25, 0.3) is 0 Å². The molecule has 7 nitrogen and oxygen atoms in total. The summed E-state index contributed by atoms with van der Waals surface area (Å²) in [5.41, 5.74) is 1.94. The van der Waals surface area contributed by atoms with Crippen molar-refractivity contribution in [3.63, 3.8) is 0 Å². The van der Waals surface area contributed by atoms with Gasteiger partial charge in [-0.2, -0.15) is 5.10 Å². The molecule has 0 radical (unpaired) electrons. The van der Waals surface area contributed by atoms with Crippen molar-refractivity contribution in [3.05, 3.63) is 36.2 Å². The van der Waals surface area contributed by atoms with Gasteiger partial charge in [-0.25, -0.2) is 4.98 Å². The number of amides is 1. The van der Waals surface area contributed by atoms with E-state index < -0.39 is 0 Å². The van der Waals surface area contributed by atoms with Crippen LogP contribution in [0.1, 0.15) is 11.5 Å². The summed E-state index contributed by atoms with van der Waals surface area (Å²) in [4.78, 5) is 17.3. The van der Waals surface area contributed by atoms with E-state index in [9.17, 15) is 4.79 Å². The number of hydrogen-bond acceptors (Lipinski definition) is 6. The Morgan fingerprint density at radius 1 is 1.44 bits per heavy atom. The summed E-state index contributed by atoms with van der Waals surface area (Å²) in [5.74, 6) is 0.768. The maximum Gasteiger partial charge on any atom is 0.231 e. The molecule has 1 aromatic carbocycles. The Bertz CT molecular complexity index is 919. The molecule has 0 saturated carbocycles. The topological polar surface area (TPSA) is 81.1 Å². The van der Waals surface area contributed by atoms with Crippen LogP contribution in [0.5, 0.6) is 5.75 Å². The smallest absolute Gasteiger partial charge is 0.231 e. The molecule has 2 atom stereocenters. The number of anilines is 1. The molecule has 2 aromatic heterocycles. The van der Waals surface area contributed by atoms with Crippen LogP contribution in [0.15, 0.2) is 30.6 Å². The number of fused-ring (bicyclic) bond motifs is 1. The summed E-state index contributed by atoms with van der Waals surface area (Å²) < 4.78 is 7.99. The predicted octanol–water partition coefficient (Wildman–Crippen LogP) is 1.98. The first-order chi connectivity index (χ1) is 12.1. The number of aromatic nitrogens is 3. The minimum atomic E-state index is -0.134. The molecule has 1 saturated heterocycles. The number of carbonyl (C=O) groups is 1.